The fourth-order valence-corrected chi connectivity index (χ4v) is 9.66. The number of hydrogen-bond acceptors (Lipinski definition) is 1. The minimum Gasteiger partial charge on any atom is -0.321 e. The van der Waals surface area contributed by atoms with Gasteiger partial charge in [-0.05, 0) is 111 Å². The van der Waals surface area contributed by atoms with Gasteiger partial charge in [-0.1, -0.05) is 79.9 Å². The predicted octanol–water partition coefficient (Wildman–Crippen LogP) is 9.16. The van der Waals surface area contributed by atoms with E-state index in [1.807, 2.05) is 27.7 Å². The van der Waals surface area contributed by atoms with E-state index >= 15 is 0 Å². The average Bonchev–Trinajstić information content (AvgIpc) is 3.11. The second kappa shape index (κ2) is 10.1. The van der Waals surface area contributed by atoms with E-state index in [1.54, 1.807) is 12.0 Å². The van der Waals surface area contributed by atoms with Crippen molar-refractivity contribution >= 4 is 0 Å². The summed E-state index contributed by atoms with van der Waals surface area (Å²) in [7, 11) is 0. The molecule has 0 aliphatic heterocycles. The van der Waals surface area contributed by atoms with E-state index in [-0.39, 0.29) is 5.54 Å². The van der Waals surface area contributed by atoms with Crippen molar-refractivity contribution < 1.29 is 0 Å². The lowest BCUT2D eigenvalue weighted by Gasteiger charge is -2.67. The van der Waals surface area contributed by atoms with Crippen LogP contribution in [0.4, 0.5) is 0 Å². The Bertz CT molecular complexity index is 649. The smallest absolute Gasteiger partial charge is 0.0400 e. The molecule has 186 valence electrons. The van der Waals surface area contributed by atoms with Gasteiger partial charge in [0.2, 0.25) is 0 Å². The summed E-state index contributed by atoms with van der Waals surface area (Å²) in [5, 5.41) is 0. The largest absolute Gasteiger partial charge is 0.321 e. The second-order valence-electron chi connectivity index (χ2n) is 12.7. The third kappa shape index (κ3) is 4.16. The molecule has 8 unspecified atom stereocenters. The van der Waals surface area contributed by atoms with Crippen LogP contribution in [0.25, 0.3) is 0 Å². The van der Waals surface area contributed by atoms with E-state index < -0.39 is 0 Å². The minimum atomic E-state index is 0.0689. The number of hydrogen-bond donors (Lipinski definition) is 1. The standard InChI is InChI=1S/C27H45N.2C2H6/c1-18(2)6-5-13-25(4)17-26-14-12-23-21(22(26)9-10-24(25)26)8-7-20-16-19(3)11-15-27(20,23)28;2*1-2/h7,18-19,21-24H,5-6,8-17,28H2,1-4H3;2*1-2H3. The first-order valence-corrected chi connectivity index (χ1v) is 14.8. The summed E-state index contributed by atoms with van der Waals surface area (Å²) in [5.74, 6) is 5.44. The van der Waals surface area contributed by atoms with Gasteiger partial charge in [0.15, 0.2) is 0 Å². The van der Waals surface area contributed by atoms with Crippen LogP contribution in [0.3, 0.4) is 0 Å². The number of allylic oxidation sites excluding steroid dienone is 1. The molecular weight excluding hydrogens is 386 g/mol. The molecule has 5 aliphatic carbocycles. The molecule has 1 nitrogen and oxygen atoms in total. The number of rotatable bonds is 4. The van der Waals surface area contributed by atoms with Gasteiger partial charge in [0.1, 0.15) is 0 Å². The molecule has 32 heavy (non-hydrogen) atoms. The molecule has 0 radical (unpaired) electrons. The molecule has 0 aromatic rings. The van der Waals surface area contributed by atoms with Gasteiger partial charge < -0.3 is 5.73 Å². The van der Waals surface area contributed by atoms with Gasteiger partial charge in [0, 0.05) is 5.54 Å². The summed E-state index contributed by atoms with van der Waals surface area (Å²) >= 11 is 0. The van der Waals surface area contributed by atoms with Crippen LogP contribution in [-0.2, 0) is 0 Å². The highest BCUT2D eigenvalue weighted by molar-refractivity contribution is 5.31. The van der Waals surface area contributed by atoms with Crippen molar-refractivity contribution in [3.63, 3.8) is 0 Å². The van der Waals surface area contributed by atoms with Crippen molar-refractivity contribution in [1.82, 2.24) is 0 Å². The highest BCUT2D eigenvalue weighted by Gasteiger charge is 2.69. The fraction of sp³-hybridized carbons (Fsp3) is 0.935. The van der Waals surface area contributed by atoms with Crippen LogP contribution < -0.4 is 5.73 Å². The zero-order chi connectivity index (χ0) is 23.7. The Morgan fingerprint density at radius 3 is 2.41 bits per heavy atom. The maximum Gasteiger partial charge on any atom is 0.0400 e. The van der Waals surface area contributed by atoms with Gasteiger partial charge in [-0.25, -0.2) is 0 Å². The molecule has 5 aliphatic rings. The first-order valence-electron chi connectivity index (χ1n) is 14.8. The van der Waals surface area contributed by atoms with Crippen LogP contribution >= 0.6 is 0 Å². The van der Waals surface area contributed by atoms with Crippen molar-refractivity contribution in [2.45, 2.75) is 138 Å². The molecule has 4 saturated carbocycles. The summed E-state index contributed by atoms with van der Waals surface area (Å²) in [6, 6.07) is 0. The molecule has 0 heterocycles. The first kappa shape index (κ1) is 26.3. The molecule has 1 spiro atoms. The highest BCUT2D eigenvalue weighted by atomic mass is 14.8. The zero-order valence-electron chi connectivity index (χ0n) is 23.1. The van der Waals surface area contributed by atoms with Gasteiger partial charge in [0.25, 0.3) is 0 Å². The predicted molar refractivity (Wildman–Crippen MR) is 142 cm³/mol. The lowest BCUT2D eigenvalue weighted by Crippen LogP contribution is -2.63. The molecule has 5 rings (SSSR count). The van der Waals surface area contributed by atoms with Crippen LogP contribution in [0, 0.1) is 46.3 Å². The number of nitrogens with two attached hydrogens (primary N) is 1. The normalized spacial score (nSPS) is 46.1. The molecular formula is C31H57N. The first-order chi connectivity index (χ1) is 15.3. The lowest BCUT2D eigenvalue weighted by atomic mass is 9.38. The maximum atomic E-state index is 7.24. The molecule has 8 atom stereocenters. The molecule has 0 amide bonds. The van der Waals surface area contributed by atoms with Crippen LogP contribution in [0.15, 0.2) is 11.6 Å². The Labute approximate surface area is 201 Å². The van der Waals surface area contributed by atoms with E-state index in [9.17, 15) is 0 Å². The van der Waals surface area contributed by atoms with Crippen molar-refractivity contribution in [1.29, 1.82) is 0 Å². The molecule has 2 N–H and O–H groups in total. The summed E-state index contributed by atoms with van der Waals surface area (Å²) < 4.78 is 0. The molecule has 0 bridgehead atoms. The molecule has 0 saturated heterocycles. The van der Waals surface area contributed by atoms with Crippen LogP contribution in [0.2, 0.25) is 0 Å². The minimum absolute atomic E-state index is 0.0689. The Hall–Kier alpha value is -0.300. The Morgan fingerprint density at radius 2 is 1.72 bits per heavy atom. The summed E-state index contributed by atoms with van der Waals surface area (Å²) in [4.78, 5) is 0. The average molecular weight is 444 g/mol. The van der Waals surface area contributed by atoms with Crippen molar-refractivity contribution in [2.75, 3.05) is 0 Å². The second-order valence-corrected chi connectivity index (χ2v) is 12.7. The zero-order valence-corrected chi connectivity index (χ0v) is 23.1. The highest BCUT2D eigenvalue weighted by Crippen LogP contribution is 2.77. The van der Waals surface area contributed by atoms with Crippen LogP contribution in [-0.4, -0.2) is 5.54 Å². The van der Waals surface area contributed by atoms with Crippen LogP contribution in [0.1, 0.15) is 132 Å². The Morgan fingerprint density at radius 1 is 1.00 bits per heavy atom. The van der Waals surface area contributed by atoms with E-state index in [2.05, 4.69) is 33.8 Å². The third-order valence-corrected chi connectivity index (χ3v) is 10.8. The van der Waals surface area contributed by atoms with Crippen molar-refractivity contribution in [2.24, 2.45) is 52.1 Å². The van der Waals surface area contributed by atoms with Crippen molar-refractivity contribution in [3.05, 3.63) is 11.6 Å². The Balaban J connectivity index is 0.000000686. The van der Waals surface area contributed by atoms with Gasteiger partial charge in [0.05, 0.1) is 0 Å². The maximum absolute atomic E-state index is 7.24. The fourth-order valence-electron chi connectivity index (χ4n) is 9.66. The summed E-state index contributed by atoms with van der Waals surface area (Å²) in [6.07, 6.45) is 19.8. The van der Waals surface area contributed by atoms with E-state index in [1.165, 1.54) is 70.6 Å². The van der Waals surface area contributed by atoms with E-state index in [0.717, 1.165) is 40.9 Å². The Kier molecular flexibility index (Phi) is 8.33. The van der Waals surface area contributed by atoms with Crippen LogP contribution in [0.5, 0.6) is 0 Å². The molecule has 4 fully saturated rings. The monoisotopic (exact) mass is 443 g/mol. The summed E-state index contributed by atoms with van der Waals surface area (Å²) in [5.41, 5.74) is 10.3. The molecule has 1 heteroatoms. The topological polar surface area (TPSA) is 26.0 Å². The summed E-state index contributed by atoms with van der Waals surface area (Å²) in [6.45, 7) is 17.9. The van der Waals surface area contributed by atoms with E-state index in [4.69, 9.17) is 5.73 Å². The number of fused-ring (bicyclic) bond motifs is 4. The lowest BCUT2D eigenvalue weighted by molar-refractivity contribution is -0.170. The SMILES string of the molecule is CC.CC.CC(C)CCCC1(C)CC23CCC4C(CC=C5CC(C)CCC54N)C2CCC13. The molecule has 0 aromatic carbocycles. The molecule has 0 aromatic heterocycles. The van der Waals surface area contributed by atoms with Gasteiger partial charge >= 0.3 is 0 Å². The van der Waals surface area contributed by atoms with Gasteiger partial charge in [-0.2, -0.15) is 0 Å². The van der Waals surface area contributed by atoms with Gasteiger partial charge in [-0.15, -0.1) is 0 Å². The quantitative estimate of drug-likeness (QED) is 0.430. The third-order valence-electron chi connectivity index (χ3n) is 10.8. The van der Waals surface area contributed by atoms with Crippen molar-refractivity contribution in [3.8, 4) is 0 Å². The van der Waals surface area contributed by atoms with Gasteiger partial charge in [-0.3, -0.25) is 0 Å². The van der Waals surface area contributed by atoms with E-state index in [0.29, 0.717) is 5.41 Å².